The number of benzene rings is 1. The van der Waals surface area contributed by atoms with E-state index in [1.165, 1.54) is 12.1 Å². The lowest BCUT2D eigenvalue weighted by atomic mass is 10.0. The van der Waals surface area contributed by atoms with Gasteiger partial charge in [0.15, 0.2) is 0 Å². The number of hydrogen-bond donors (Lipinski definition) is 1. The van der Waals surface area contributed by atoms with Crippen LogP contribution in [0.15, 0.2) is 36.5 Å². The Morgan fingerprint density at radius 1 is 1.42 bits per heavy atom. The van der Waals surface area contributed by atoms with Crippen molar-refractivity contribution in [2.75, 3.05) is 11.4 Å². The minimum absolute atomic E-state index is 0.0146. The second kappa shape index (κ2) is 4.73. The third-order valence-electron chi connectivity index (χ3n) is 3.51. The van der Waals surface area contributed by atoms with E-state index in [-0.39, 0.29) is 17.8 Å². The zero-order chi connectivity index (χ0) is 13.2. The molecular weight excluding hydrogens is 243 g/mol. The summed E-state index contributed by atoms with van der Waals surface area (Å²) < 4.78 is 13.4. The molecule has 1 aromatic carbocycles. The van der Waals surface area contributed by atoms with Crippen molar-refractivity contribution in [2.24, 2.45) is 5.92 Å². The van der Waals surface area contributed by atoms with Crippen LogP contribution >= 0.6 is 0 Å². The van der Waals surface area contributed by atoms with Crippen LogP contribution < -0.4 is 4.90 Å². The van der Waals surface area contributed by atoms with Crippen molar-refractivity contribution >= 4 is 5.82 Å². The quantitative estimate of drug-likeness (QED) is 0.898. The van der Waals surface area contributed by atoms with Crippen molar-refractivity contribution < 1.29 is 4.39 Å². The number of H-pyrrole nitrogens is 1. The molecule has 1 aromatic heterocycles. The minimum Gasteiger partial charge on any atom is -0.349 e. The van der Waals surface area contributed by atoms with Gasteiger partial charge in [-0.05, 0) is 24.1 Å². The average Bonchev–Trinajstić information content (AvgIpc) is 3.07. The van der Waals surface area contributed by atoms with Gasteiger partial charge in [-0.1, -0.05) is 12.1 Å². The largest absolute Gasteiger partial charge is 0.349 e. The van der Waals surface area contributed by atoms with Crippen molar-refractivity contribution in [3.63, 3.8) is 0 Å². The summed E-state index contributed by atoms with van der Waals surface area (Å²) >= 11 is 0. The highest BCUT2D eigenvalue weighted by Gasteiger charge is 2.34. The normalized spacial score (nSPS) is 22.4. The topological polar surface area (TPSA) is 55.7 Å². The second-order valence-electron chi connectivity index (χ2n) is 4.73. The molecule has 0 spiro atoms. The first-order valence-corrected chi connectivity index (χ1v) is 6.19. The Bertz CT molecular complexity index is 602. The van der Waals surface area contributed by atoms with Gasteiger partial charge in [0.25, 0.3) is 0 Å². The van der Waals surface area contributed by atoms with Crippen molar-refractivity contribution in [1.82, 2.24) is 10.2 Å². The van der Waals surface area contributed by atoms with Crippen LogP contribution in [0.3, 0.4) is 0 Å². The molecule has 2 atom stereocenters. The lowest BCUT2D eigenvalue weighted by Crippen LogP contribution is -2.23. The standard InChI is InChI=1S/C14H13FN4/c15-12-3-1-2-11(7-12)13-6-10(8-16)9-19(13)14-4-5-17-18-14/h1-5,7,10,13H,6,9H2,(H,17,18)/t10-,13-/m1/s1. The lowest BCUT2D eigenvalue weighted by molar-refractivity contribution is 0.615. The number of halogens is 1. The van der Waals surface area contributed by atoms with Crippen molar-refractivity contribution in [3.05, 3.63) is 47.9 Å². The monoisotopic (exact) mass is 256 g/mol. The maximum Gasteiger partial charge on any atom is 0.124 e. The molecule has 19 heavy (non-hydrogen) atoms. The van der Waals surface area contributed by atoms with Crippen molar-refractivity contribution in [1.29, 1.82) is 5.26 Å². The van der Waals surface area contributed by atoms with E-state index in [0.717, 1.165) is 11.4 Å². The van der Waals surface area contributed by atoms with Crippen LogP contribution in [0.2, 0.25) is 0 Å². The van der Waals surface area contributed by atoms with E-state index in [4.69, 9.17) is 5.26 Å². The number of aromatic amines is 1. The van der Waals surface area contributed by atoms with Gasteiger partial charge < -0.3 is 4.90 Å². The van der Waals surface area contributed by atoms with E-state index in [1.807, 2.05) is 12.1 Å². The maximum atomic E-state index is 13.4. The molecular formula is C14H13FN4. The van der Waals surface area contributed by atoms with Gasteiger partial charge in [-0.25, -0.2) is 4.39 Å². The van der Waals surface area contributed by atoms with E-state index >= 15 is 0 Å². The molecule has 1 N–H and O–H groups in total. The third-order valence-corrected chi connectivity index (χ3v) is 3.51. The summed E-state index contributed by atoms with van der Waals surface area (Å²) in [7, 11) is 0. The van der Waals surface area contributed by atoms with Crippen LogP contribution in [0, 0.1) is 23.1 Å². The molecule has 1 aliphatic rings. The van der Waals surface area contributed by atoms with Gasteiger partial charge in [0.1, 0.15) is 11.6 Å². The van der Waals surface area contributed by atoms with Gasteiger partial charge in [-0.3, -0.25) is 5.10 Å². The number of anilines is 1. The van der Waals surface area contributed by atoms with E-state index in [2.05, 4.69) is 21.2 Å². The number of hydrogen-bond acceptors (Lipinski definition) is 3. The van der Waals surface area contributed by atoms with Crippen LogP contribution in [0.5, 0.6) is 0 Å². The maximum absolute atomic E-state index is 13.4. The van der Waals surface area contributed by atoms with Crippen LogP contribution in [0.4, 0.5) is 10.2 Å². The van der Waals surface area contributed by atoms with E-state index in [9.17, 15) is 4.39 Å². The Kier molecular flexibility index (Phi) is 2.92. The van der Waals surface area contributed by atoms with Gasteiger partial charge in [-0.2, -0.15) is 10.4 Å². The molecule has 2 aromatic rings. The summed E-state index contributed by atoms with van der Waals surface area (Å²) in [6, 6.07) is 10.8. The average molecular weight is 256 g/mol. The fourth-order valence-corrected chi connectivity index (χ4v) is 2.63. The van der Waals surface area contributed by atoms with Gasteiger partial charge in [0, 0.05) is 12.6 Å². The molecule has 0 bridgehead atoms. The molecule has 0 saturated carbocycles. The molecule has 2 heterocycles. The first kappa shape index (κ1) is 11.7. The van der Waals surface area contributed by atoms with Crippen LogP contribution in [0.25, 0.3) is 0 Å². The van der Waals surface area contributed by atoms with E-state index < -0.39 is 0 Å². The highest BCUT2D eigenvalue weighted by atomic mass is 19.1. The SMILES string of the molecule is N#C[C@H]1C[C@H](c2cccc(F)c2)N(c2ccn[nH]2)C1. The highest BCUT2D eigenvalue weighted by molar-refractivity contribution is 5.44. The van der Waals surface area contributed by atoms with Crippen LogP contribution in [-0.4, -0.2) is 16.7 Å². The summed E-state index contributed by atoms with van der Waals surface area (Å²) in [5.41, 5.74) is 0.896. The number of nitrogens with one attached hydrogen (secondary N) is 1. The Hall–Kier alpha value is -2.35. The zero-order valence-electron chi connectivity index (χ0n) is 10.3. The Morgan fingerprint density at radius 3 is 3.00 bits per heavy atom. The molecule has 0 radical (unpaired) electrons. The summed E-state index contributed by atoms with van der Waals surface area (Å²) in [6.07, 6.45) is 2.39. The molecule has 1 aliphatic heterocycles. The van der Waals surface area contributed by atoms with Crippen LogP contribution in [0.1, 0.15) is 18.0 Å². The minimum atomic E-state index is -0.248. The van der Waals surface area contributed by atoms with Gasteiger partial charge in [0.05, 0.1) is 24.2 Å². The smallest absolute Gasteiger partial charge is 0.124 e. The summed E-state index contributed by atoms with van der Waals surface area (Å²) in [6.45, 7) is 0.639. The Labute approximate surface area is 110 Å². The fraction of sp³-hybridized carbons (Fsp3) is 0.286. The molecule has 3 rings (SSSR count). The second-order valence-corrected chi connectivity index (χ2v) is 4.73. The Balaban J connectivity index is 1.96. The molecule has 0 unspecified atom stereocenters. The molecule has 4 nitrogen and oxygen atoms in total. The molecule has 0 aliphatic carbocycles. The molecule has 1 saturated heterocycles. The Morgan fingerprint density at radius 2 is 2.32 bits per heavy atom. The predicted molar refractivity (Wildman–Crippen MR) is 68.8 cm³/mol. The zero-order valence-corrected chi connectivity index (χ0v) is 10.3. The number of aromatic nitrogens is 2. The van der Waals surface area contributed by atoms with Gasteiger partial charge in [0.2, 0.25) is 0 Å². The third kappa shape index (κ3) is 2.17. The number of nitriles is 1. The van der Waals surface area contributed by atoms with E-state index in [0.29, 0.717) is 13.0 Å². The molecule has 5 heteroatoms. The first-order valence-electron chi connectivity index (χ1n) is 6.19. The predicted octanol–water partition coefficient (Wildman–Crippen LogP) is 2.64. The van der Waals surface area contributed by atoms with Gasteiger partial charge in [-0.15, -0.1) is 0 Å². The first-order chi connectivity index (χ1) is 9.28. The van der Waals surface area contributed by atoms with E-state index in [1.54, 1.807) is 12.3 Å². The highest BCUT2D eigenvalue weighted by Crippen LogP contribution is 2.37. The van der Waals surface area contributed by atoms with Gasteiger partial charge >= 0.3 is 0 Å². The van der Waals surface area contributed by atoms with Crippen molar-refractivity contribution in [2.45, 2.75) is 12.5 Å². The fourth-order valence-electron chi connectivity index (χ4n) is 2.63. The molecule has 96 valence electrons. The summed E-state index contributed by atoms with van der Waals surface area (Å²) in [4.78, 5) is 2.08. The lowest BCUT2D eigenvalue weighted by Gasteiger charge is -2.25. The summed E-state index contributed by atoms with van der Waals surface area (Å²) in [5.74, 6) is 0.575. The molecule has 1 fully saturated rings. The number of rotatable bonds is 2. The van der Waals surface area contributed by atoms with Crippen molar-refractivity contribution in [3.8, 4) is 6.07 Å². The van der Waals surface area contributed by atoms with Crippen LogP contribution in [-0.2, 0) is 0 Å². The molecule has 0 amide bonds. The number of nitrogens with zero attached hydrogens (tertiary/aromatic N) is 3. The summed E-state index contributed by atoms with van der Waals surface area (Å²) in [5, 5.41) is 16.0.